The normalized spacial score (nSPS) is 15.5. The highest BCUT2D eigenvalue weighted by molar-refractivity contribution is 7.80. The van der Waals surface area contributed by atoms with Gasteiger partial charge in [0, 0.05) is 18.6 Å². The van der Waals surface area contributed by atoms with E-state index in [2.05, 4.69) is 49.8 Å². The molecule has 0 heterocycles. The highest BCUT2D eigenvalue weighted by Gasteiger charge is 2.34. The van der Waals surface area contributed by atoms with Gasteiger partial charge in [-0.15, -0.1) is 0 Å². The number of thiol groups is 1. The van der Waals surface area contributed by atoms with Crippen molar-refractivity contribution >= 4 is 65.9 Å². The largest absolute Gasteiger partial charge is 0.508 e. The van der Waals surface area contributed by atoms with Gasteiger partial charge in [0.05, 0.1) is 12.6 Å². The Balaban J connectivity index is 3.31. The van der Waals surface area contributed by atoms with Crippen molar-refractivity contribution < 1.29 is 63.6 Å². The van der Waals surface area contributed by atoms with E-state index in [1.807, 2.05) is 20.8 Å². The fraction of sp³-hybridized carbons (Fsp3) is 0.634. The van der Waals surface area contributed by atoms with E-state index in [9.17, 15) is 63.6 Å². The molecule has 63 heavy (non-hydrogen) atoms. The number of phenolic OH excluding ortho intramolecular Hbond substituents is 1. The van der Waals surface area contributed by atoms with Gasteiger partial charge >= 0.3 is 11.9 Å². The number of phenols is 1. The van der Waals surface area contributed by atoms with Gasteiger partial charge in [-0.1, -0.05) is 60.1 Å². The highest BCUT2D eigenvalue weighted by atomic mass is 32.1. The van der Waals surface area contributed by atoms with Crippen molar-refractivity contribution in [2.45, 2.75) is 135 Å². The van der Waals surface area contributed by atoms with Crippen LogP contribution in [0.4, 0.5) is 0 Å². The molecule has 9 atom stereocenters. The molecule has 7 amide bonds. The monoisotopic (exact) mass is 910 g/mol. The summed E-state index contributed by atoms with van der Waals surface area (Å²) in [6.07, 6.45) is -0.517. The molecule has 0 aliphatic rings. The smallest absolute Gasteiger partial charge is 0.326 e. The van der Waals surface area contributed by atoms with Gasteiger partial charge in [0.2, 0.25) is 41.4 Å². The van der Waals surface area contributed by atoms with Crippen molar-refractivity contribution in [3.05, 3.63) is 29.8 Å². The number of hydrogen-bond donors (Lipinski definition) is 13. The number of carbonyl (C=O) groups excluding carboxylic acids is 7. The molecule has 0 spiro atoms. The third kappa shape index (κ3) is 20.1. The van der Waals surface area contributed by atoms with Gasteiger partial charge in [-0.05, 0) is 61.6 Å². The number of aliphatic hydroxyl groups excluding tert-OH is 1. The molecule has 0 unspecified atom stereocenters. The Hall–Kier alpha value is -5.48. The zero-order chi connectivity index (χ0) is 48.1. The second-order valence-electron chi connectivity index (χ2n) is 16.3. The number of nitrogens with two attached hydrogens (primary N) is 1. The average molecular weight is 911 g/mol. The van der Waals surface area contributed by atoms with Gasteiger partial charge in [0.25, 0.3) is 0 Å². The van der Waals surface area contributed by atoms with Crippen molar-refractivity contribution in [1.29, 1.82) is 0 Å². The molecule has 21 nitrogen and oxygen atoms in total. The van der Waals surface area contributed by atoms with Crippen LogP contribution in [-0.4, -0.2) is 134 Å². The molecular weight excluding hydrogens is 845 g/mol. The number of rotatable bonds is 28. The van der Waals surface area contributed by atoms with Gasteiger partial charge < -0.3 is 63.4 Å². The maximum absolute atomic E-state index is 13.9. The molecule has 0 radical (unpaired) electrons. The van der Waals surface area contributed by atoms with Crippen LogP contribution < -0.4 is 43.0 Å². The summed E-state index contributed by atoms with van der Waals surface area (Å²) >= 11 is 4.10. The first kappa shape index (κ1) is 55.5. The molecule has 0 bridgehead atoms. The van der Waals surface area contributed by atoms with Crippen molar-refractivity contribution in [3.63, 3.8) is 0 Å². The van der Waals surface area contributed by atoms with Crippen LogP contribution in [-0.2, 0) is 49.6 Å². The Labute approximate surface area is 372 Å². The lowest BCUT2D eigenvalue weighted by molar-refractivity contribution is -0.142. The molecule has 13 N–H and O–H groups in total. The third-order valence-corrected chi connectivity index (χ3v) is 10.3. The van der Waals surface area contributed by atoms with Crippen molar-refractivity contribution in [3.8, 4) is 5.75 Å². The van der Waals surface area contributed by atoms with Gasteiger partial charge in [-0.2, -0.15) is 12.6 Å². The predicted molar refractivity (Wildman–Crippen MR) is 233 cm³/mol. The summed E-state index contributed by atoms with van der Waals surface area (Å²) < 4.78 is 0. The molecule has 1 aromatic carbocycles. The molecule has 0 saturated carbocycles. The number of carbonyl (C=O) groups is 9. The number of amides is 7. The Morgan fingerprint density at radius 1 is 0.603 bits per heavy atom. The number of aromatic hydroxyl groups is 1. The Morgan fingerprint density at radius 2 is 1.05 bits per heavy atom. The van der Waals surface area contributed by atoms with Crippen LogP contribution in [0.15, 0.2) is 24.3 Å². The summed E-state index contributed by atoms with van der Waals surface area (Å²) in [6, 6.07) is -5.37. The van der Waals surface area contributed by atoms with Crippen LogP contribution in [0.5, 0.6) is 5.75 Å². The van der Waals surface area contributed by atoms with Crippen LogP contribution in [0, 0.1) is 17.8 Å². The summed E-state index contributed by atoms with van der Waals surface area (Å²) in [4.78, 5) is 117. The second kappa shape index (κ2) is 27.6. The Kier molecular flexibility index (Phi) is 24.3. The summed E-state index contributed by atoms with van der Waals surface area (Å²) in [6.45, 7) is 11.1. The number of carboxylic acid groups (broad SMARTS) is 2. The fourth-order valence-corrected chi connectivity index (χ4v) is 6.20. The molecule has 0 fully saturated rings. The number of aliphatic carboxylic acids is 2. The summed E-state index contributed by atoms with van der Waals surface area (Å²) in [5.41, 5.74) is 6.44. The summed E-state index contributed by atoms with van der Waals surface area (Å²) in [5.74, 6) is -9.64. The Morgan fingerprint density at radius 3 is 1.56 bits per heavy atom. The maximum Gasteiger partial charge on any atom is 0.326 e. The molecule has 0 aromatic heterocycles. The molecular formula is C41H66N8O13S. The van der Waals surface area contributed by atoms with Crippen molar-refractivity contribution in [2.24, 2.45) is 23.5 Å². The molecule has 354 valence electrons. The van der Waals surface area contributed by atoms with E-state index in [0.29, 0.717) is 12.0 Å². The third-order valence-electron chi connectivity index (χ3n) is 9.89. The van der Waals surface area contributed by atoms with Crippen LogP contribution in [0.25, 0.3) is 0 Å². The van der Waals surface area contributed by atoms with Gasteiger partial charge in [-0.25, -0.2) is 4.79 Å². The van der Waals surface area contributed by atoms with Gasteiger partial charge in [-0.3, -0.25) is 38.4 Å². The van der Waals surface area contributed by atoms with E-state index in [0.717, 1.165) is 0 Å². The molecule has 0 saturated heterocycles. The van der Waals surface area contributed by atoms with Gasteiger partial charge in [0.15, 0.2) is 0 Å². The fourth-order valence-electron chi connectivity index (χ4n) is 5.94. The maximum atomic E-state index is 13.9. The van der Waals surface area contributed by atoms with Crippen molar-refractivity contribution in [1.82, 2.24) is 37.2 Å². The van der Waals surface area contributed by atoms with E-state index < -0.39 is 121 Å². The van der Waals surface area contributed by atoms with Gasteiger partial charge in [0.1, 0.15) is 48.0 Å². The molecule has 22 heteroatoms. The number of hydrogen-bond acceptors (Lipinski definition) is 13. The molecule has 1 rings (SSSR count). The quantitative estimate of drug-likeness (QED) is 0.0434. The lowest BCUT2D eigenvalue weighted by Gasteiger charge is -2.27. The highest BCUT2D eigenvalue weighted by Crippen LogP contribution is 2.13. The lowest BCUT2D eigenvalue weighted by atomic mass is 9.97. The molecule has 0 aliphatic carbocycles. The first-order chi connectivity index (χ1) is 29.4. The Bertz CT molecular complexity index is 1730. The number of nitrogens with one attached hydrogen (secondary N) is 7. The van der Waals surface area contributed by atoms with Crippen LogP contribution in [0.3, 0.4) is 0 Å². The van der Waals surface area contributed by atoms with Crippen LogP contribution in [0.2, 0.25) is 0 Å². The van der Waals surface area contributed by atoms with E-state index in [-0.39, 0.29) is 48.5 Å². The van der Waals surface area contributed by atoms with Crippen LogP contribution in [0.1, 0.15) is 86.1 Å². The number of carboxylic acids is 2. The SMILES string of the molecule is CC[C@H](C)[C@@H](N)C(=O)N[C@H](CC(C)C)C(=O)N[C@H](C)C(=O)N[C@H](CO)C(=O)N[C@H](Cc1ccc(O)cc1)C(=O)N[C@H](CCC(=O)O)C(=O)N[C@H](CS)C(=O)N[C@H](CC(C)C)C(=O)O. The molecule has 1 aromatic rings. The van der Waals surface area contributed by atoms with E-state index in [1.165, 1.54) is 31.2 Å². The van der Waals surface area contributed by atoms with Crippen LogP contribution >= 0.6 is 12.6 Å². The standard InChI is InChI=1S/C41H66N8O13S/c1-8-22(6)33(42)40(60)46-27(15-20(2)3)36(56)43-23(7)34(54)48-30(18-50)38(58)45-28(17-24-9-11-25(51)12-10-24)37(57)44-26(13-14-32(52)53)35(55)49-31(19-63)39(59)47-29(41(61)62)16-21(4)5/h9-12,20-23,26-31,33,50-51,63H,8,13-19,42H2,1-7H3,(H,43,56)(H,44,57)(H,45,58)(H,46,60)(H,47,59)(H,48,54)(H,49,55)(H,52,53)(H,61,62)/t22-,23+,26+,27+,28+,29+,30+,31+,33+/m0/s1. The second-order valence-corrected chi connectivity index (χ2v) is 16.6. The lowest BCUT2D eigenvalue weighted by Crippen LogP contribution is -2.61. The first-order valence-electron chi connectivity index (χ1n) is 20.8. The topological polar surface area (TPSA) is 345 Å². The minimum Gasteiger partial charge on any atom is -0.508 e. The van der Waals surface area contributed by atoms with E-state index in [1.54, 1.807) is 20.8 Å². The van der Waals surface area contributed by atoms with E-state index in [4.69, 9.17) is 5.73 Å². The zero-order valence-electron chi connectivity index (χ0n) is 36.8. The summed E-state index contributed by atoms with van der Waals surface area (Å²) in [7, 11) is 0. The average Bonchev–Trinajstić information content (AvgIpc) is 3.21. The first-order valence-corrected chi connectivity index (χ1v) is 21.4. The number of aliphatic hydroxyl groups is 1. The van der Waals surface area contributed by atoms with E-state index >= 15 is 0 Å². The minimum atomic E-state index is -1.70. The zero-order valence-corrected chi connectivity index (χ0v) is 37.7. The number of benzene rings is 1. The van der Waals surface area contributed by atoms with Crippen molar-refractivity contribution in [2.75, 3.05) is 12.4 Å². The summed E-state index contributed by atoms with van der Waals surface area (Å²) in [5, 5.41) is 55.9. The predicted octanol–water partition coefficient (Wildman–Crippen LogP) is -1.31. The molecule has 0 aliphatic heterocycles. The minimum absolute atomic E-state index is 0.0505.